The van der Waals surface area contributed by atoms with Gasteiger partial charge in [0, 0.05) is 43.4 Å². The highest BCUT2D eigenvalue weighted by atomic mass is 16.6. The molecule has 6 heteroatoms. The predicted molar refractivity (Wildman–Crippen MR) is 127 cm³/mol. The van der Waals surface area contributed by atoms with Gasteiger partial charge in [0.15, 0.2) is 0 Å². The Morgan fingerprint density at radius 2 is 1.94 bits per heavy atom. The number of likely N-dealkylation sites (N-methyl/N-ethyl adjacent to an activating group) is 1. The molecule has 6 nitrogen and oxygen atoms in total. The lowest BCUT2D eigenvalue weighted by atomic mass is 9.74. The van der Waals surface area contributed by atoms with Gasteiger partial charge in [-0.2, -0.15) is 0 Å². The van der Waals surface area contributed by atoms with Crippen molar-refractivity contribution in [3.63, 3.8) is 0 Å². The Hall–Kier alpha value is -2.73. The number of likely N-dealkylation sites (tertiary alicyclic amines) is 1. The summed E-state index contributed by atoms with van der Waals surface area (Å²) in [5, 5.41) is 0. The molecule has 3 heterocycles. The molecule has 0 bridgehead atoms. The first-order valence-electron chi connectivity index (χ1n) is 12.3. The van der Waals surface area contributed by atoms with Gasteiger partial charge in [0.2, 0.25) is 5.91 Å². The zero-order valence-corrected chi connectivity index (χ0v) is 19.5. The fourth-order valence-electron chi connectivity index (χ4n) is 5.69. The van der Waals surface area contributed by atoms with Gasteiger partial charge in [-0.05, 0) is 69.8 Å². The van der Waals surface area contributed by atoms with Gasteiger partial charge in [-0.1, -0.05) is 24.6 Å². The fraction of sp³-hybridized carbons (Fsp3) is 0.519. The molecule has 5 rings (SSSR count). The van der Waals surface area contributed by atoms with Crippen LogP contribution in [-0.4, -0.2) is 59.9 Å². The number of nitrogens with zero attached hydrogens (tertiary/aromatic N) is 3. The van der Waals surface area contributed by atoms with Gasteiger partial charge < -0.3 is 14.5 Å². The van der Waals surface area contributed by atoms with E-state index in [2.05, 4.69) is 9.88 Å². The molecule has 1 aromatic carbocycles. The molecule has 1 saturated carbocycles. The third kappa shape index (κ3) is 4.41. The minimum absolute atomic E-state index is 0.0116. The predicted octanol–water partition coefficient (Wildman–Crippen LogP) is 4.25. The minimum atomic E-state index is -0.585. The van der Waals surface area contributed by atoms with Crippen molar-refractivity contribution < 1.29 is 14.3 Å². The molecule has 2 aliphatic heterocycles. The summed E-state index contributed by atoms with van der Waals surface area (Å²) in [4.78, 5) is 34.6. The van der Waals surface area contributed by atoms with Crippen molar-refractivity contribution in [2.45, 2.75) is 50.5 Å². The van der Waals surface area contributed by atoms with Gasteiger partial charge in [-0.25, -0.2) is 4.79 Å². The number of pyridine rings is 1. The van der Waals surface area contributed by atoms with Crippen LogP contribution in [0.5, 0.6) is 0 Å². The van der Waals surface area contributed by atoms with Crippen LogP contribution >= 0.6 is 0 Å². The molecule has 0 N–H and O–H groups in total. The molecule has 0 radical (unpaired) electrons. The van der Waals surface area contributed by atoms with E-state index in [4.69, 9.17) is 4.74 Å². The van der Waals surface area contributed by atoms with E-state index in [9.17, 15) is 9.59 Å². The lowest BCUT2D eigenvalue weighted by Crippen LogP contribution is -2.43. The summed E-state index contributed by atoms with van der Waals surface area (Å²) in [6, 6.07) is 11.7. The van der Waals surface area contributed by atoms with E-state index in [0.717, 1.165) is 55.8 Å². The summed E-state index contributed by atoms with van der Waals surface area (Å²) < 4.78 is 5.98. The molecule has 33 heavy (non-hydrogen) atoms. The monoisotopic (exact) mass is 447 g/mol. The fourth-order valence-corrected chi connectivity index (χ4v) is 5.69. The molecule has 174 valence electrons. The van der Waals surface area contributed by atoms with Gasteiger partial charge in [0.1, 0.15) is 5.60 Å². The van der Waals surface area contributed by atoms with Crippen LogP contribution in [0.15, 0.2) is 42.6 Å². The van der Waals surface area contributed by atoms with Crippen molar-refractivity contribution >= 4 is 11.9 Å². The number of piperidine rings is 1. The molecule has 1 aromatic heterocycles. The van der Waals surface area contributed by atoms with E-state index >= 15 is 0 Å². The van der Waals surface area contributed by atoms with Gasteiger partial charge in [0.25, 0.3) is 0 Å². The maximum atomic E-state index is 13.1. The topological polar surface area (TPSA) is 62.7 Å². The first kappa shape index (κ1) is 22.1. The van der Waals surface area contributed by atoms with Gasteiger partial charge >= 0.3 is 5.97 Å². The summed E-state index contributed by atoms with van der Waals surface area (Å²) >= 11 is 0. The molecule has 1 amide bonds. The molecule has 0 unspecified atom stereocenters. The molecule has 1 spiro atoms. The maximum absolute atomic E-state index is 13.1. The number of amides is 1. The molecular formula is C27H33N3O3. The first-order valence-corrected chi connectivity index (χ1v) is 12.3. The molecule has 1 saturated heterocycles. The third-order valence-corrected chi connectivity index (χ3v) is 7.70. The van der Waals surface area contributed by atoms with Crippen LogP contribution < -0.4 is 0 Å². The third-order valence-electron chi connectivity index (χ3n) is 7.70. The highest BCUT2D eigenvalue weighted by Gasteiger charge is 2.48. The second kappa shape index (κ2) is 9.26. The maximum Gasteiger partial charge on any atom is 0.339 e. The number of aromatic nitrogens is 1. The van der Waals surface area contributed by atoms with Crippen LogP contribution in [0.2, 0.25) is 0 Å². The van der Waals surface area contributed by atoms with Crippen LogP contribution in [0.4, 0.5) is 0 Å². The van der Waals surface area contributed by atoms with Crippen molar-refractivity contribution in [3.05, 3.63) is 53.7 Å². The van der Waals surface area contributed by atoms with Crippen molar-refractivity contribution in [2.24, 2.45) is 5.92 Å². The Morgan fingerprint density at radius 3 is 2.67 bits per heavy atom. The number of ether oxygens (including phenoxy) is 1. The summed E-state index contributed by atoms with van der Waals surface area (Å²) in [6.07, 6.45) is 8.52. The summed E-state index contributed by atoms with van der Waals surface area (Å²) in [6.45, 7) is 4.05. The smallest absolute Gasteiger partial charge is 0.339 e. The second-order valence-corrected chi connectivity index (χ2v) is 9.80. The molecule has 2 aromatic rings. The van der Waals surface area contributed by atoms with Gasteiger partial charge in [-0.15, -0.1) is 0 Å². The van der Waals surface area contributed by atoms with E-state index < -0.39 is 5.60 Å². The molecule has 3 aliphatic rings. The number of carbonyl (C=O) groups is 2. The number of benzene rings is 1. The Balaban J connectivity index is 1.22. The van der Waals surface area contributed by atoms with Crippen LogP contribution in [0, 0.1) is 5.92 Å². The highest BCUT2D eigenvalue weighted by Crippen LogP contribution is 2.49. The van der Waals surface area contributed by atoms with Crippen molar-refractivity contribution in [2.75, 3.05) is 33.2 Å². The number of carbonyl (C=O) groups excluding carboxylic acids is 2. The zero-order chi connectivity index (χ0) is 22.8. The van der Waals surface area contributed by atoms with Crippen molar-refractivity contribution in [1.82, 2.24) is 14.8 Å². The van der Waals surface area contributed by atoms with Crippen molar-refractivity contribution in [3.8, 4) is 11.3 Å². The number of hydrogen-bond donors (Lipinski definition) is 0. The summed E-state index contributed by atoms with van der Waals surface area (Å²) in [5.74, 6) is -0.0133. The Morgan fingerprint density at radius 1 is 1.15 bits per heavy atom. The van der Waals surface area contributed by atoms with Gasteiger partial charge in [-0.3, -0.25) is 9.78 Å². The van der Waals surface area contributed by atoms with E-state index in [1.54, 1.807) is 6.20 Å². The number of rotatable bonds is 5. The molecule has 2 fully saturated rings. The summed E-state index contributed by atoms with van der Waals surface area (Å²) in [5.41, 5.74) is 2.79. The Bertz CT molecular complexity index is 1010. The minimum Gasteiger partial charge on any atom is -0.451 e. The second-order valence-electron chi connectivity index (χ2n) is 9.80. The lowest BCUT2D eigenvalue weighted by Gasteiger charge is -2.37. The quantitative estimate of drug-likeness (QED) is 0.642. The normalized spacial score (nSPS) is 25.0. The van der Waals surface area contributed by atoms with Crippen molar-refractivity contribution in [1.29, 1.82) is 0 Å². The summed E-state index contributed by atoms with van der Waals surface area (Å²) in [7, 11) is 1.93. The largest absolute Gasteiger partial charge is 0.451 e. The number of esters is 1. The van der Waals surface area contributed by atoms with E-state index in [1.165, 1.54) is 19.3 Å². The molecule has 1 aliphatic carbocycles. The number of hydrogen-bond acceptors (Lipinski definition) is 5. The van der Waals surface area contributed by atoms with Crippen LogP contribution in [0.3, 0.4) is 0 Å². The van der Waals surface area contributed by atoms with Crippen LogP contribution in [-0.2, 0) is 15.1 Å². The molecule has 0 atom stereocenters. The standard InChI is InChI=1S/C27H33N3O3/c1-29(17-18-30-15-5-2-6-16-30)25(31)20-10-12-27(13-11-20)23-9-8-21(19-22(23)26(32)33-27)24-7-3-4-14-28-24/h3-4,7-9,14,19-20H,2,5-6,10-13,15-18H2,1H3. The zero-order valence-electron chi connectivity index (χ0n) is 19.5. The van der Waals surface area contributed by atoms with E-state index in [0.29, 0.717) is 18.4 Å². The lowest BCUT2D eigenvalue weighted by molar-refractivity contribution is -0.137. The van der Waals surface area contributed by atoms with Crippen LogP contribution in [0.25, 0.3) is 11.3 Å². The van der Waals surface area contributed by atoms with Gasteiger partial charge in [0.05, 0.1) is 11.3 Å². The average Bonchev–Trinajstić information content (AvgIpc) is 3.14. The van der Waals surface area contributed by atoms with E-state index in [-0.39, 0.29) is 17.8 Å². The van der Waals surface area contributed by atoms with E-state index in [1.807, 2.05) is 48.3 Å². The first-order chi connectivity index (χ1) is 16.1. The average molecular weight is 448 g/mol. The Kier molecular flexibility index (Phi) is 6.19. The Labute approximate surface area is 195 Å². The highest BCUT2D eigenvalue weighted by molar-refractivity contribution is 5.96. The molecular weight excluding hydrogens is 414 g/mol. The SMILES string of the molecule is CN(CCN1CCCCC1)C(=O)C1CCC2(CC1)OC(=O)c1cc(-c3ccccn3)ccc12. The number of fused-ring (bicyclic) bond motifs is 2. The van der Waals surface area contributed by atoms with Crippen LogP contribution in [0.1, 0.15) is 60.9 Å².